The molecule has 0 radical (unpaired) electrons. The highest BCUT2D eigenvalue weighted by molar-refractivity contribution is 6.52. The fraction of sp³-hybridized carbons (Fsp3) is 0.192. The molecule has 3 aromatic rings. The maximum Gasteiger partial charge on any atom is 0.255 e. The van der Waals surface area contributed by atoms with E-state index in [1.807, 2.05) is 26.0 Å². The van der Waals surface area contributed by atoms with Crippen LogP contribution in [0.3, 0.4) is 0 Å². The molecule has 32 heavy (non-hydrogen) atoms. The monoisotopic (exact) mass is 429 g/mol. The number of hydrogen-bond donors (Lipinski definition) is 3. The second-order valence-electron chi connectivity index (χ2n) is 8.74. The average molecular weight is 429 g/mol. The van der Waals surface area contributed by atoms with Gasteiger partial charge in [0.05, 0.1) is 5.56 Å². The molecule has 0 saturated heterocycles. The molecule has 1 aliphatic rings. The van der Waals surface area contributed by atoms with Crippen LogP contribution in [0.5, 0.6) is 5.75 Å². The standard InChI is InChI=1S/C26H23NO5/c1-26(2,13-20-22(29)17-9-5-6-10-18(17)23(30)24(20)31)14-27-25(32)19-12-11-15-7-3-4-8-16(15)21(19)28/h3-12,28-29H,13-14H2,1-2H3,(H,27,32). The average Bonchev–Trinajstić information content (AvgIpc) is 2.79. The van der Waals surface area contributed by atoms with Crippen molar-refractivity contribution in [1.29, 1.82) is 0 Å². The molecule has 0 atom stereocenters. The van der Waals surface area contributed by atoms with E-state index in [4.69, 9.17) is 0 Å². The van der Waals surface area contributed by atoms with E-state index >= 15 is 0 Å². The lowest BCUT2D eigenvalue weighted by Gasteiger charge is -2.28. The molecule has 1 aliphatic carbocycles. The number of phenols is 1. The van der Waals surface area contributed by atoms with Gasteiger partial charge in [-0.25, -0.2) is 0 Å². The number of aliphatic hydroxyl groups is 1. The molecule has 6 heteroatoms. The van der Waals surface area contributed by atoms with Crippen LogP contribution in [-0.4, -0.2) is 34.2 Å². The van der Waals surface area contributed by atoms with Gasteiger partial charge in [0.2, 0.25) is 11.6 Å². The summed E-state index contributed by atoms with van der Waals surface area (Å²) in [6.07, 6.45) is 0.0989. The third kappa shape index (κ3) is 3.75. The van der Waals surface area contributed by atoms with Crippen LogP contribution in [0.25, 0.3) is 16.5 Å². The zero-order chi connectivity index (χ0) is 23.0. The summed E-state index contributed by atoms with van der Waals surface area (Å²) in [6, 6.07) is 17.0. The number of benzene rings is 3. The van der Waals surface area contributed by atoms with Gasteiger partial charge in [0.1, 0.15) is 11.5 Å². The van der Waals surface area contributed by atoms with E-state index in [1.54, 1.807) is 42.5 Å². The number of carbonyl (C=O) groups excluding carboxylic acids is 3. The highest BCUT2D eigenvalue weighted by Gasteiger charge is 2.35. The van der Waals surface area contributed by atoms with E-state index in [0.717, 1.165) is 5.39 Å². The van der Waals surface area contributed by atoms with Gasteiger partial charge in [0.25, 0.3) is 5.91 Å². The first kappa shape index (κ1) is 21.3. The highest BCUT2D eigenvalue weighted by atomic mass is 16.3. The fourth-order valence-electron chi connectivity index (χ4n) is 3.98. The zero-order valence-electron chi connectivity index (χ0n) is 17.8. The molecule has 0 spiro atoms. The number of aliphatic hydroxyl groups excluding tert-OH is 1. The Balaban J connectivity index is 1.53. The lowest BCUT2D eigenvalue weighted by Crippen LogP contribution is -2.36. The number of amides is 1. The molecular weight excluding hydrogens is 406 g/mol. The van der Waals surface area contributed by atoms with Gasteiger partial charge in [-0.1, -0.05) is 68.4 Å². The van der Waals surface area contributed by atoms with Crippen LogP contribution in [0.15, 0.2) is 66.2 Å². The van der Waals surface area contributed by atoms with Crippen molar-refractivity contribution >= 4 is 34.0 Å². The Morgan fingerprint density at radius 2 is 1.53 bits per heavy atom. The number of rotatable bonds is 5. The van der Waals surface area contributed by atoms with E-state index in [-0.39, 0.29) is 41.2 Å². The zero-order valence-corrected chi connectivity index (χ0v) is 17.8. The molecule has 0 fully saturated rings. The van der Waals surface area contributed by atoms with Gasteiger partial charge in [0, 0.05) is 28.6 Å². The topological polar surface area (TPSA) is 104 Å². The SMILES string of the molecule is CC(C)(CNC(=O)c1ccc2ccccc2c1O)CC1=C(O)c2ccccc2C(=O)C1=O. The van der Waals surface area contributed by atoms with Crippen LogP contribution in [0.1, 0.15) is 46.5 Å². The second kappa shape index (κ2) is 7.96. The Kier molecular flexibility index (Phi) is 5.30. The van der Waals surface area contributed by atoms with Gasteiger partial charge in [0.15, 0.2) is 0 Å². The molecule has 6 nitrogen and oxygen atoms in total. The highest BCUT2D eigenvalue weighted by Crippen LogP contribution is 2.35. The van der Waals surface area contributed by atoms with Crippen molar-refractivity contribution < 1.29 is 24.6 Å². The number of allylic oxidation sites excluding steroid dienone is 1. The van der Waals surface area contributed by atoms with E-state index in [1.165, 1.54) is 6.07 Å². The Morgan fingerprint density at radius 1 is 0.875 bits per heavy atom. The number of phenolic OH excluding ortho intramolecular Hbond substituents is 1. The summed E-state index contributed by atoms with van der Waals surface area (Å²) in [6.45, 7) is 3.82. The third-order valence-corrected chi connectivity index (χ3v) is 5.72. The Bertz CT molecular complexity index is 1300. The first-order chi connectivity index (χ1) is 15.2. The molecule has 0 aromatic heterocycles. The normalized spacial score (nSPS) is 13.9. The third-order valence-electron chi connectivity index (χ3n) is 5.72. The molecule has 3 N–H and O–H groups in total. The number of aromatic hydroxyl groups is 1. The van der Waals surface area contributed by atoms with Gasteiger partial charge < -0.3 is 15.5 Å². The molecule has 1 amide bonds. The Labute approximate surface area is 185 Å². The van der Waals surface area contributed by atoms with Crippen LogP contribution < -0.4 is 5.32 Å². The molecule has 0 heterocycles. The summed E-state index contributed by atoms with van der Waals surface area (Å²) in [7, 11) is 0. The van der Waals surface area contributed by atoms with Crippen molar-refractivity contribution in [3.05, 3.63) is 82.9 Å². The summed E-state index contributed by atoms with van der Waals surface area (Å²) in [5.74, 6) is -2.11. The van der Waals surface area contributed by atoms with E-state index < -0.39 is 22.9 Å². The van der Waals surface area contributed by atoms with Crippen molar-refractivity contribution in [1.82, 2.24) is 5.32 Å². The van der Waals surface area contributed by atoms with Crippen LogP contribution in [0, 0.1) is 5.41 Å². The molecule has 0 unspecified atom stereocenters. The predicted octanol–water partition coefficient (Wildman–Crippen LogP) is 4.43. The minimum Gasteiger partial charge on any atom is -0.507 e. The van der Waals surface area contributed by atoms with Gasteiger partial charge in [-0.3, -0.25) is 14.4 Å². The predicted molar refractivity (Wildman–Crippen MR) is 122 cm³/mol. The minimum absolute atomic E-state index is 0.0431. The molecule has 0 aliphatic heterocycles. The first-order valence-electron chi connectivity index (χ1n) is 10.3. The lowest BCUT2D eigenvalue weighted by atomic mass is 9.79. The van der Waals surface area contributed by atoms with Crippen molar-refractivity contribution in [3.8, 4) is 5.75 Å². The smallest absolute Gasteiger partial charge is 0.255 e. The molecule has 4 rings (SSSR count). The lowest BCUT2D eigenvalue weighted by molar-refractivity contribution is -0.112. The Hall–Kier alpha value is -3.93. The summed E-state index contributed by atoms with van der Waals surface area (Å²) < 4.78 is 0. The van der Waals surface area contributed by atoms with Crippen LogP contribution in [0.2, 0.25) is 0 Å². The molecule has 3 aromatic carbocycles. The summed E-state index contributed by atoms with van der Waals surface area (Å²) >= 11 is 0. The molecule has 0 saturated carbocycles. The summed E-state index contributed by atoms with van der Waals surface area (Å²) in [5.41, 5.74) is 0.0822. The number of hydrogen-bond acceptors (Lipinski definition) is 5. The molecule has 0 bridgehead atoms. The van der Waals surface area contributed by atoms with Crippen molar-refractivity contribution in [2.45, 2.75) is 20.3 Å². The number of nitrogens with one attached hydrogen (secondary N) is 1. The quantitative estimate of drug-likeness (QED) is 0.521. The van der Waals surface area contributed by atoms with Crippen LogP contribution in [0.4, 0.5) is 0 Å². The number of carbonyl (C=O) groups is 3. The van der Waals surface area contributed by atoms with Crippen molar-refractivity contribution in [2.24, 2.45) is 5.41 Å². The summed E-state index contributed by atoms with van der Waals surface area (Å²) in [5, 5.41) is 25.4. The van der Waals surface area contributed by atoms with Gasteiger partial charge >= 0.3 is 0 Å². The van der Waals surface area contributed by atoms with Gasteiger partial charge in [-0.05, 0) is 23.3 Å². The maximum atomic E-state index is 12.7. The number of ketones is 2. The van der Waals surface area contributed by atoms with Crippen molar-refractivity contribution in [2.75, 3.05) is 6.54 Å². The summed E-state index contributed by atoms with van der Waals surface area (Å²) in [4.78, 5) is 37.8. The maximum absolute atomic E-state index is 12.7. The largest absolute Gasteiger partial charge is 0.507 e. The van der Waals surface area contributed by atoms with Gasteiger partial charge in [-0.15, -0.1) is 0 Å². The first-order valence-corrected chi connectivity index (χ1v) is 10.3. The second-order valence-corrected chi connectivity index (χ2v) is 8.74. The Morgan fingerprint density at radius 3 is 2.28 bits per heavy atom. The molecular formula is C26H23NO5. The van der Waals surface area contributed by atoms with E-state index in [2.05, 4.69) is 5.32 Å². The van der Waals surface area contributed by atoms with Crippen LogP contribution >= 0.6 is 0 Å². The van der Waals surface area contributed by atoms with Crippen molar-refractivity contribution in [3.63, 3.8) is 0 Å². The van der Waals surface area contributed by atoms with E-state index in [9.17, 15) is 24.6 Å². The number of Topliss-reactive ketones (excluding diaryl/α,β-unsaturated/α-hetero) is 2. The minimum atomic E-state index is -0.729. The van der Waals surface area contributed by atoms with Crippen LogP contribution in [-0.2, 0) is 4.79 Å². The van der Waals surface area contributed by atoms with Gasteiger partial charge in [-0.2, -0.15) is 0 Å². The number of fused-ring (bicyclic) bond motifs is 2. The van der Waals surface area contributed by atoms with E-state index in [0.29, 0.717) is 10.9 Å². The molecule has 162 valence electrons. The fourth-order valence-corrected chi connectivity index (χ4v) is 3.98.